The van der Waals surface area contributed by atoms with Gasteiger partial charge < -0.3 is 11.1 Å². The fourth-order valence-electron chi connectivity index (χ4n) is 1.91. The summed E-state index contributed by atoms with van der Waals surface area (Å²) in [6.07, 6.45) is 0. The monoisotopic (exact) mass is 398 g/mol. The van der Waals surface area contributed by atoms with Crippen molar-refractivity contribution in [1.29, 1.82) is 0 Å². The Morgan fingerprint density at radius 3 is 2.86 bits per heavy atom. The van der Waals surface area contributed by atoms with Gasteiger partial charge in [-0.1, -0.05) is 39.7 Å². The number of rotatable bonds is 3. The summed E-state index contributed by atoms with van der Waals surface area (Å²) < 4.78 is 9.38. The predicted octanol–water partition coefficient (Wildman–Crippen LogP) is 4.49. The van der Waals surface area contributed by atoms with E-state index in [-0.39, 0.29) is 0 Å². The predicted molar refractivity (Wildman–Crippen MR) is 95.7 cm³/mol. The highest BCUT2D eigenvalue weighted by molar-refractivity contribution is 9.10. The maximum atomic E-state index is 6.27. The minimum absolute atomic E-state index is 0.304. The molecule has 0 radical (unpaired) electrons. The molecule has 2 aromatic carbocycles. The lowest BCUT2D eigenvalue weighted by atomic mass is 10.1. The summed E-state index contributed by atoms with van der Waals surface area (Å²) in [5, 5.41) is 3.82. The Morgan fingerprint density at radius 2 is 2.10 bits per heavy atom. The highest BCUT2D eigenvalue weighted by Gasteiger charge is 2.13. The number of hydrogen-bond donors (Lipinski definition) is 2. The van der Waals surface area contributed by atoms with Crippen LogP contribution < -0.4 is 11.1 Å². The van der Waals surface area contributed by atoms with Gasteiger partial charge >= 0.3 is 0 Å². The summed E-state index contributed by atoms with van der Waals surface area (Å²) in [5.41, 5.74) is 9.50. The van der Waals surface area contributed by atoms with E-state index in [0.717, 1.165) is 38.5 Å². The average molecular weight is 400 g/mol. The maximum absolute atomic E-state index is 6.27. The molecule has 0 aliphatic carbocycles. The van der Waals surface area contributed by atoms with Gasteiger partial charge in [0.05, 0.1) is 22.4 Å². The molecule has 8 heteroatoms. The Kier molecular flexibility index (Phi) is 4.08. The zero-order valence-corrected chi connectivity index (χ0v) is 14.4. The first-order chi connectivity index (χ1) is 10.1. The molecule has 0 amide bonds. The van der Waals surface area contributed by atoms with Crippen LogP contribution in [0.5, 0.6) is 0 Å². The number of anilines is 2. The highest BCUT2D eigenvalue weighted by Crippen LogP contribution is 2.34. The van der Waals surface area contributed by atoms with E-state index in [1.54, 1.807) is 6.07 Å². The number of hydrogen-bond acceptors (Lipinski definition) is 5. The normalized spacial score (nSPS) is 10.8. The summed E-state index contributed by atoms with van der Waals surface area (Å²) in [7, 11) is 0. The van der Waals surface area contributed by atoms with Crippen molar-refractivity contribution in [2.45, 2.75) is 0 Å². The quantitative estimate of drug-likeness (QED) is 0.636. The minimum atomic E-state index is 0.304. The molecule has 0 fully saturated rings. The zero-order valence-electron chi connectivity index (χ0n) is 10.4. The molecule has 106 valence electrons. The Bertz CT molecular complexity index is 849. The molecule has 0 atom stereocenters. The van der Waals surface area contributed by atoms with Crippen molar-refractivity contribution in [3.63, 3.8) is 0 Å². The fourth-order valence-corrected chi connectivity index (χ4v) is 3.18. The van der Waals surface area contributed by atoms with Gasteiger partial charge in [0.2, 0.25) is 0 Å². The molecular formula is C13H8BrClN4S2. The molecule has 0 saturated heterocycles. The standard InChI is InChI=1S/C13H8BrClN4S2/c14-6-1-3-9(7(5-6)13(16)20)17-11-8(15)2-4-10-12(11)19-21-18-10/h1-5,17H,(H2,16,20). The van der Waals surface area contributed by atoms with Crippen LogP contribution in [0.25, 0.3) is 11.0 Å². The topological polar surface area (TPSA) is 63.8 Å². The van der Waals surface area contributed by atoms with Crippen molar-refractivity contribution in [3.05, 3.63) is 45.4 Å². The van der Waals surface area contributed by atoms with E-state index >= 15 is 0 Å². The van der Waals surface area contributed by atoms with Crippen LogP contribution in [0.2, 0.25) is 5.02 Å². The molecule has 1 aromatic heterocycles. The van der Waals surface area contributed by atoms with Gasteiger partial charge in [-0.3, -0.25) is 0 Å². The summed E-state index contributed by atoms with van der Waals surface area (Å²) >= 11 is 15.9. The second-order valence-corrected chi connectivity index (χ2v) is 6.52. The molecule has 3 N–H and O–H groups in total. The van der Waals surface area contributed by atoms with Gasteiger partial charge in [-0.2, -0.15) is 8.75 Å². The van der Waals surface area contributed by atoms with Crippen molar-refractivity contribution >= 4 is 78.9 Å². The fraction of sp³-hybridized carbons (Fsp3) is 0. The first kappa shape index (κ1) is 14.6. The van der Waals surface area contributed by atoms with E-state index in [0.29, 0.717) is 15.7 Å². The molecule has 3 rings (SSSR count). The molecule has 0 unspecified atom stereocenters. The van der Waals surface area contributed by atoms with Gasteiger partial charge in [0.25, 0.3) is 0 Å². The summed E-state index contributed by atoms with van der Waals surface area (Å²) in [6.45, 7) is 0. The molecule has 0 aliphatic heterocycles. The zero-order chi connectivity index (χ0) is 15.0. The van der Waals surface area contributed by atoms with Crippen LogP contribution in [0.1, 0.15) is 5.56 Å². The molecule has 4 nitrogen and oxygen atoms in total. The first-order valence-electron chi connectivity index (χ1n) is 5.83. The van der Waals surface area contributed by atoms with Gasteiger partial charge in [-0.25, -0.2) is 0 Å². The van der Waals surface area contributed by atoms with E-state index in [1.807, 2.05) is 24.3 Å². The van der Waals surface area contributed by atoms with Gasteiger partial charge in [-0.15, -0.1) is 0 Å². The number of benzene rings is 2. The lowest BCUT2D eigenvalue weighted by Crippen LogP contribution is -2.12. The molecule has 3 aromatic rings. The highest BCUT2D eigenvalue weighted by atomic mass is 79.9. The Morgan fingerprint density at radius 1 is 1.29 bits per heavy atom. The van der Waals surface area contributed by atoms with Crippen LogP contribution in [-0.4, -0.2) is 13.7 Å². The SMILES string of the molecule is NC(=S)c1cc(Br)ccc1Nc1c(Cl)ccc2nsnc12. The Labute approximate surface area is 143 Å². The van der Waals surface area contributed by atoms with E-state index in [2.05, 4.69) is 30.0 Å². The molecule has 1 heterocycles. The third-order valence-electron chi connectivity index (χ3n) is 2.88. The van der Waals surface area contributed by atoms with E-state index in [4.69, 9.17) is 29.6 Å². The molecule has 0 spiro atoms. The van der Waals surface area contributed by atoms with Crippen LogP contribution in [0.3, 0.4) is 0 Å². The van der Waals surface area contributed by atoms with Crippen molar-refractivity contribution in [2.75, 3.05) is 5.32 Å². The lowest BCUT2D eigenvalue weighted by Gasteiger charge is -2.13. The molecule has 0 bridgehead atoms. The van der Waals surface area contributed by atoms with E-state index < -0.39 is 0 Å². The van der Waals surface area contributed by atoms with Crippen LogP contribution in [0.4, 0.5) is 11.4 Å². The average Bonchev–Trinajstić information content (AvgIpc) is 2.92. The van der Waals surface area contributed by atoms with Crippen molar-refractivity contribution in [2.24, 2.45) is 5.73 Å². The molecule has 0 saturated carbocycles. The second-order valence-electron chi connectivity index (χ2n) is 4.23. The first-order valence-corrected chi connectivity index (χ1v) is 8.14. The number of nitrogens with two attached hydrogens (primary N) is 1. The third kappa shape index (κ3) is 2.87. The number of thiocarbonyl (C=S) groups is 1. The van der Waals surface area contributed by atoms with E-state index in [9.17, 15) is 0 Å². The summed E-state index contributed by atoms with van der Waals surface area (Å²) in [6, 6.07) is 9.26. The van der Waals surface area contributed by atoms with Gasteiger partial charge in [-0.05, 0) is 30.3 Å². The van der Waals surface area contributed by atoms with Crippen LogP contribution in [-0.2, 0) is 0 Å². The van der Waals surface area contributed by atoms with E-state index in [1.165, 1.54) is 0 Å². The second kappa shape index (κ2) is 5.84. The minimum Gasteiger partial charge on any atom is -0.389 e. The van der Waals surface area contributed by atoms with Crippen molar-refractivity contribution in [1.82, 2.24) is 8.75 Å². The molecule has 0 aliphatic rings. The number of nitrogens with zero attached hydrogens (tertiary/aromatic N) is 2. The van der Waals surface area contributed by atoms with Crippen LogP contribution in [0, 0.1) is 0 Å². The van der Waals surface area contributed by atoms with Crippen LogP contribution >= 0.6 is 51.5 Å². The lowest BCUT2D eigenvalue weighted by molar-refractivity contribution is 1.51. The van der Waals surface area contributed by atoms with Crippen molar-refractivity contribution in [3.8, 4) is 0 Å². The van der Waals surface area contributed by atoms with Crippen molar-refractivity contribution < 1.29 is 0 Å². The number of halogens is 2. The Balaban J connectivity index is 2.13. The summed E-state index contributed by atoms with van der Waals surface area (Å²) in [5.74, 6) is 0. The number of fused-ring (bicyclic) bond motifs is 1. The smallest absolute Gasteiger partial charge is 0.129 e. The van der Waals surface area contributed by atoms with Gasteiger partial charge in [0.1, 0.15) is 16.0 Å². The summed E-state index contributed by atoms with van der Waals surface area (Å²) in [4.78, 5) is 0.304. The third-order valence-corrected chi connectivity index (χ3v) is 4.45. The molecule has 21 heavy (non-hydrogen) atoms. The molecular weight excluding hydrogens is 392 g/mol. The van der Waals surface area contributed by atoms with Gasteiger partial charge in [0, 0.05) is 15.7 Å². The Hall–Kier alpha value is -1.28. The van der Waals surface area contributed by atoms with Crippen LogP contribution in [0.15, 0.2) is 34.8 Å². The largest absolute Gasteiger partial charge is 0.389 e. The maximum Gasteiger partial charge on any atom is 0.129 e. The number of nitrogens with one attached hydrogen (secondary N) is 1. The van der Waals surface area contributed by atoms with Gasteiger partial charge in [0.15, 0.2) is 0 Å². The number of aromatic nitrogens is 2.